The molecule has 2 N–H and O–H groups in total. The molecular weight excluding hydrogens is 549 g/mol. The van der Waals surface area contributed by atoms with Gasteiger partial charge in [-0.2, -0.15) is 0 Å². The number of benzene rings is 4. The molecule has 5 heteroatoms. The minimum absolute atomic E-state index is 0.274. The predicted octanol–water partition coefficient (Wildman–Crippen LogP) is 7.80. The minimum Gasteiger partial charge on any atom is -0.397 e. The van der Waals surface area contributed by atoms with Crippen LogP contribution in [-0.2, 0) is 12.1 Å². The maximum absolute atomic E-state index is 9.97. The van der Waals surface area contributed by atoms with E-state index in [-0.39, 0.29) is 13.2 Å². The molecule has 0 bridgehead atoms. The van der Waals surface area contributed by atoms with Crippen molar-refractivity contribution in [3.63, 3.8) is 0 Å². The summed E-state index contributed by atoms with van der Waals surface area (Å²) in [6.07, 6.45) is 0. The Labute approximate surface area is 250 Å². The molecule has 4 aromatic carbocycles. The highest BCUT2D eigenvalue weighted by Crippen LogP contribution is 2.52. The molecule has 4 aromatic rings. The Morgan fingerprint density at radius 2 is 0.927 bits per heavy atom. The van der Waals surface area contributed by atoms with Crippen molar-refractivity contribution >= 4 is 25.7 Å². The van der Waals surface area contributed by atoms with Gasteiger partial charge in [0, 0.05) is 33.8 Å². The van der Waals surface area contributed by atoms with Gasteiger partial charge in [0.25, 0.3) is 0 Å². The van der Waals surface area contributed by atoms with E-state index in [9.17, 15) is 10.2 Å². The van der Waals surface area contributed by atoms with Crippen molar-refractivity contribution in [3.8, 4) is 22.3 Å². The first kappa shape index (κ1) is 28.6. The molecule has 0 spiro atoms. The molecule has 0 heterocycles. The van der Waals surface area contributed by atoms with Crippen LogP contribution in [0.1, 0.15) is 44.5 Å². The second-order valence-electron chi connectivity index (χ2n) is 13.3. The van der Waals surface area contributed by atoms with Crippen LogP contribution in [0.4, 0.5) is 0 Å². The fraction of sp³-hybridized carbons (Fsp3) is 0.333. The quantitative estimate of drug-likeness (QED) is 0.185. The number of hydrogen-bond acceptors (Lipinski definition) is 2. The third-order valence-corrected chi connectivity index (χ3v) is 18.4. The average Bonchev–Trinajstić information content (AvgIpc) is 3.48. The molecule has 210 valence electrons. The summed E-state index contributed by atoms with van der Waals surface area (Å²) < 4.78 is 0. The monoisotopic (exact) mass is 590 g/mol. The van der Waals surface area contributed by atoms with Crippen molar-refractivity contribution in [1.29, 1.82) is 0 Å². The average molecular weight is 591 g/mol. The van der Waals surface area contributed by atoms with Crippen molar-refractivity contribution in [2.24, 2.45) is 0 Å². The molecule has 0 saturated heterocycles. The van der Waals surface area contributed by atoms with Gasteiger partial charge in [-0.25, -0.2) is 0 Å². The zero-order valence-corrected chi connectivity index (χ0v) is 27.9. The second-order valence-corrected chi connectivity index (χ2v) is 24.6. The van der Waals surface area contributed by atoms with Gasteiger partial charge in [-0.05, 0) is 79.8 Å². The summed E-state index contributed by atoms with van der Waals surface area (Å²) in [5.41, 5.74) is 15.5. The van der Waals surface area contributed by atoms with Crippen LogP contribution in [0, 0.1) is 0 Å². The first-order valence-electron chi connectivity index (χ1n) is 15.1. The Morgan fingerprint density at radius 3 is 1.34 bits per heavy atom. The van der Waals surface area contributed by atoms with Gasteiger partial charge < -0.3 is 10.2 Å². The van der Waals surface area contributed by atoms with E-state index < -0.39 is 16.1 Å². The summed E-state index contributed by atoms with van der Waals surface area (Å²) in [7, 11) is -2.71. The molecule has 0 aromatic heterocycles. The lowest BCUT2D eigenvalue weighted by Gasteiger charge is -2.32. The van der Waals surface area contributed by atoms with Gasteiger partial charge in [-0.15, -0.1) is 0 Å². The van der Waals surface area contributed by atoms with Crippen LogP contribution in [0.15, 0.2) is 84.9 Å². The van der Waals surface area contributed by atoms with Gasteiger partial charge in [-0.3, -0.25) is 0 Å². The normalized spacial score (nSPS) is 17.2. The van der Waals surface area contributed by atoms with Crippen molar-refractivity contribution in [2.45, 2.75) is 61.4 Å². The Balaban J connectivity index is 1.33. The summed E-state index contributed by atoms with van der Waals surface area (Å²) in [6.45, 7) is 10.4. The smallest absolute Gasteiger partial charge is 0.0627 e. The molecule has 0 fully saturated rings. The van der Waals surface area contributed by atoms with Gasteiger partial charge in [0.05, 0.1) is 16.1 Å². The Bertz CT molecular complexity index is 1460. The third kappa shape index (κ3) is 4.96. The van der Waals surface area contributed by atoms with Crippen molar-refractivity contribution < 1.29 is 10.2 Å². The van der Waals surface area contributed by atoms with Crippen LogP contribution < -0.4 is 0 Å². The van der Waals surface area contributed by atoms with E-state index in [1.165, 1.54) is 44.5 Å². The van der Waals surface area contributed by atoms with E-state index in [2.05, 4.69) is 111 Å². The topological polar surface area (TPSA) is 40.5 Å². The second kappa shape index (κ2) is 11.3. The highest BCUT2D eigenvalue weighted by atomic mass is 28.3. The lowest BCUT2D eigenvalue weighted by molar-refractivity contribution is 0.315. The summed E-state index contributed by atoms with van der Waals surface area (Å²) in [5.74, 6) is 0. The fourth-order valence-corrected chi connectivity index (χ4v) is 15.2. The van der Waals surface area contributed by atoms with Crippen molar-refractivity contribution in [2.75, 3.05) is 13.2 Å². The fourth-order valence-electron chi connectivity index (χ4n) is 7.81. The van der Waals surface area contributed by atoms with Gasteiger partial charge in [0.2, 0.25) is 0 Å². The summed E-state index contributed by atoms with van der Waals surface area (Å²) >= 11 is 0. The third-order valence-electron chi connectivity index (χ3n) is 9.80. The molecule has 2 aliphatic rings. The molecule has 2 nitrogen and oxygen atoms in total. The van der Waals surface area contributed by atoms with E-state index in [4.69, 9.17) is 0 Å². The molecule has 0 saturated carbocycles. The van der Waals surface area contributed by atoms with E-state index in [0.29, 0.717) is 11.1 Å². The van der Waals surface area contributed by atoms with Gasteiger partial charge in [0.1, 0.15) is 0 Å². The van der Waals surface area contributed by atoms with Crippen molar-refractivity contribution in [1.82, 2.24) is 0 Å². The number of hydrogen-bond donors (Lipinski definition) is 2. The maximum atomic E-state index is 9.97. The van der Waals surface area contributed by atoms with Crippen LogP contribution in [-0.4, -0.2) is 49.1 Å². The van der Waals surface area contributed by atoms with E-state index in [1.807, 2.05) is 0 Å². The molecule has 2 radical (unpaired) electrons. The number of rotatable bonds is 10. The zero-order chi connectivity index (χ0) is 28.8. The van der Waals surface area contributed by atoms with Crippen LogP contribution in [0.2, 0.25) is 38.3 Å². The molecule has 0 amide bonds. The molecule has 2 aliphatic carbocycles. The maximum Gasteiger partial charge on any atom is 0.0627 e. The van der Waals surface area contributed by atoms with Crippen molar-refractivity contribution in [3.05, 3.63) is 118 Å². The van der Waals surface area contributed by atoms with E-state index >= 15 is 0 Å². The number of aliphatic hydroxyl groups is 2. The summed E-state index contributed by atoms with van der Waals surface area (Å²) in [4.78, 5) is 0. The standard InChI is InChI=1S/C36H42O2Si3/c1-40(2,21-19-37)35-31-15-7-5-13-27(31)29-17-9-11-25(33(29)35)23-39-24-26-12-10-18-30-28-14-6-8-16-32(28)36(34(26)30)41(3,4)22-20-38/h5-18,35-38H,19-24H2,1-4H3. The highest BCUT2D eigenvalue weighted by Gasteiger charge is 2.43. The number of aliphatic hydroxyl groups excluding tert-OH is 2. The molecule has 2 atom stereocenters. The van der Waals surface area contributed by atoms with Crippen LogP contribution >= 0.6 is 0 Å². The lowest BCUT2D eigenvalue weighted by atomic mass is 10.0. The van der Waals surface area contributed by atoms with Gasteiger partial charge >= 0.3 is 0 Å². The Morgan fingerprint density at radius 1 is 0.537 bits per heavy atom. The Kier molecular flexibility index (Phi) is 7.85. The first-order valence-corrected chi connectivity index (χ1v) is 23.1. The Hall–Kier alpha value is -2.55. The zero-order valence-electron chi connectivity index (χ0n) is 24.9. The summed E-state index contributed by atoms with van der Waals surface area (Å²) in [5, 5.41) is 19.9. The van der Waals surface area contributed by atoms with Gasteiger partial charge in [0.15, 0.2) is 0 Å². The van der Waals surface area contributed by atoms with Crippen LogP contribution in [0.3, 0.4) is 0 Å². The highest BCUT2D eigenvalue weighted by molar-refractivity contribution is 6.80. The minimum atomic E-state index is -1.76. The molecule has 41 heavy (non-hydrogen) atoms. The molecule has 2 unspecified atom stereocenters. The first-order chi connectivity index (χ1) is 19.8. The van der Waals surface area contributed by atoms with E-state index in [1.54, 1.807) is 11.1 Å². The van der Waals surface area contributed by atoms with Crippen LogP contribution in [0.25, 0.3) is 22.3 Å². The predicted molar refractivity (Wildman–Crippen MR) is 179 cm³/mol. The lowest BCUT2D eigenvalue weighted by Crippen LogP contribution is -2.36. The number of fused-ring (bicyclic) bond motifs is 6. The summed E-state index contributed by atoms with van der Waals surface area (Å²) in [6, 6.07) is 35.9. The largest absolute Gasteiger partial charge is 0.397 e. The molecule has 0 aliphatic heterocycles. The molecular formula is C36H42O2Si3. The van der Waals surface area contributed by atoms with Gasteiger partial charge in [-0.1, -0.05) is 111 Å². The van der Waals surface area contributed by atoms with E-state index in [0.717, 1.165) is 33.7 Å². The SMILES string of the molecule is C[Si](C)(CCO)C1c2ccccc2-c2cccc(C[Si]Cc3cccc4c3C([Si](C)(C)CCO)c3ccccc3-4)c21. The molecule has 6 rings (SSSR count). The van der Waals surface area contributed by atoms with Crippen LogP contribution in [0.5, 0.6) is 0 Å².